The number of fused-ring (bicyclic) bond motifs is 1. The topological polar surface area (TPSA) is 137 Å². The third-order valence-electron chi connectivity index (χ3n) is 6.47. The molecule has 0 bridgehead atoms. The summed E-state index contributed by atoms with van der Waals surface area (Å²) in [4.78, 5) is 30.9. The maximum atomic E-state index is 13.8. The van der Waals surface area contributed by atoms with Gasteiger partial charge in [-0.2, -0.15) is 0 Å². The number of carboxylic acid groups (broad SMARTS) is 1. The number of aromatic nitrogens is 2. The van der Waals surface area contributed by atoms with Crippen LogP contribution in [-0.4, -0.2) is 38.9 Å². The molecule has 0 unspecified atom stereocenters. The number of anilines is 2. The van der Waals surface area contributed by atoms with Crippen molar-refractivity contribution >= 4 is 51.7 Å². The molecule has 3 aromatic carbocycles. The zero-order valence-corrected chi connectivity index (χ0v) is 22.7. The van der Waals surface area contributed by atoms with E-state index in [0.717, 1.165) is 42.5 Å². The predicted octanol–water partition coefficient (Wildman–Crippen LogP) is 5.65. The molecule has 0 aliphatic carbocycles. The lowest BCUT2D eigenvalue weighted by molar-refractivity contribution is -0.136. The maximum absolute atomic E-state index is 13.8. The maximum Gasteiger partial charge on any atom is 0.305 e. The number of nitrogens with two attached hydrogens (primary N) is 1. The summed E-state index contributed by atoms with van der Waals surface area (Å²) < 4.78 is 15.9. The van der Waals surface area contributed by atoms with Gasteiger partial charge in [-0.15, -0.1) is 0 Å². The first-order chi connectivity index (χ1) is 19.2. The van der Waals surface area contributed by atoms with Crippen LogP contribution in [0.25, 0.3) is 11.0 Å². The number of carbonyl (C=O) groups excluding carboxylic acids is 1. The molecular formula is C29H30ClFN6O3. The Morgan fingerprint density at radius 3 is 2.50 bits per heavy atom. The second-order valence-corrected chi connectivity index (χ2v) is 9.69. The number of nitrogens with one attached hydrogen (secondary N) is 2. The van der Waals surface area contributed by atoms with Gasteiger partial charge < -0.3 is 25.6 Å². The highest BCUT2D eigenvalue weighted by Crippen LogP contribution is 2.26. The number of imidazole rings is 1. The number of amidine groups is 1. The first-order valence-corrected chi connectivity index (χ1v) is 13.2. The van der Waals surface area contributed by atoms with Crippen molar-refractivity contribution in [2.75, 3.05) is 16.8 Å². The number of benzene rings is 3. The van der Waals surface area contributed by atoms with E-state index >= 15 is 0 Å². The summed E-state index contributed by atoms with van der Waals surface area (Å²) in [6.45, 7) is 3.17. The van der Waals surface area contributed by atoms with E-state index in [-0.39, 0.29) is 23.8 Å². The molecule has 4 rings (SSSR count). The highest BCUT2D eigenvalue weighted by molar-refractivity contribution is 6.31. The summed E-state index contributed by atoms with van der Waals surface area (Å²) in [5.74, 6) is -1.35. The van der Waals surface area contributed by atoms with Crippen LogP contribution in [0.2, 0.25) is 5.02 Å². The number of halogens is 2. The number of carbonyl (C=O) groups is 2. The molecule has 0 saturated heterocycles. The van der Waals surface area contributed by atoms with Crippen molar-refractivity contribution in [1.29, 1.82) is 5.41 Å². The van der Waals surface area contributed by atoms with Crippen LogP contribution in [0, 0.1) is 11.2 Å². The van der Waals surface area contributed by atoms with E-state index in [2.05, 4.69) is 16.8 Å². The Bertz CT molecular complexity index is 1550. The van der Waals surface area contributed by atoms with Gasteiger partial charge in [-0.1, -0.05) is 24.9 Å². The van der Waals surface area contributed by atoms with Gasteiger partial charge in [0.05, 0.1) is 29.0 Å². The van der Waals surface area contributed by atoms with E-state index < -0.39 is 17.7 Å². The quantitative estimate of drug-likeness (QED) is 0.130. The highest BCUT2D eigenvalue weighted by Gasteiger charge is 2.21. The fourth-order valence-electron chi connectivity index (χ4n) is 4.33. The molecule has 11 heteroatoms. The number of carboxylic acids is 1. The number of hydrogen-bond acceptors (Lipinski definition) is 5. The molecule has 0 saturated carbocycles. The van der Waals surface area contributed by atoms with Crippen LogP contribution in [0.15, 0.2) is 60.7 Å². The minimum absolute atomic E-state index is 0.00214. The van der Waals surface area contributed by atoms with Crippen molar-refractivity contribution in [3.05, 3.63) is 88.5 Å². The van der Waals surface area contributed by atoms with E-state index in [4.69, 9.17) is 27.7 Å². The minimum Gasteiger partial charge on any atom is -0.481 e. The van der Waals surface area contributed by atoms with Crippen LogP contribution in [0.1, 0.15) is 47.9 Å². The molecule has 0 fully saturated rings. The SMILES string of the molecule is CCCCn1c(CNc2ccc(C(=N)N)cc2)nc2cc(C(=O)N(CCC(=O)O)c3ccc(F)c(Cl)c3)ccc21. The summed E-state index contributed by atoms with van der Waals surface area (Å²) >= 11 is 5.94. The van der Waals surface area contributed by atoms with Crippen LogP contribution in [0.4, 0.5) is 15.8 Å². The molecule has 0 atom stereocenters. The van der Waals surface area contributed by atoms with Gasteiger partial charge in [0, 0.05) is 35.6 Å². The van der Waals surface area contributed by atoms with Gasteiger partial charge in [-0.3, -0.25) is 15.0 Å². The number of aliphatic carboxylic acids is 1. The standard InChI is InChI=1S/C29H30ClFN6O3/c1-2-3-13-37-25-11-6-19(29(40)36(14-12-27(38)39)21-9-10-23(31)22(30)16-21)15-24(25)35-26(37)17-34-20-7-4-18(5-8-20)28(32)33/h4-11,15-16,34H,2-3,12-14,17H2,1H3,(H3,32,33)(H,38,39). The lowest BCUT2D eigenvalue weighted by Crippen LogP contribution is -2.33. The number of nitrogens with zero attached hydrogens (tertiary/aromatic N) is 3. The fourth-order valence-corrected chi connectivity index (χ4v) is 4.50. The summed E-state index contributed by atoms with van der Waals surface area (Å²) in [6, 6.07) is 16.3. The zero-order chi connectivity index (χ0) is 28.8. The van der Waals surface area contributed by atoms with E-state index in [1.165, 1.54) is 17.0 Å². The molecule has 0 radical (unpaired) electrons. The molecule has 208 valence electrons. The summed E-state index contributed by atoms with van der Waals surface area (Å²) in [5.41, 5.74) is 9.14. The van der Waals surface area contributed by atoms with Crippen molar-refractivity contribution in [1.82, 2.24) is 9.55 Å². The summed E-state index contributed by atoms with van der Waals surface area (Å²) in [7, 11) is 0. The third kappa shape index (κ3) is 6.58. The van der Waals surface area contributed by atoms with Crippen LogP contribution in [-0.2, 0) is 17.9 Å². The first-order valence-electron chi connectivity index (χ1n) is 12.8. The molecule has 5 N–H and O–H groups in total. The first kappa shape index (κ1) is 28.6. The second-order valence-electron chi connectivity index (χ2n) is 9.28. The molecule has 40 heavy (non-hydrogen) atoms. The summed E-state index contributed by atoms with van der Waals surface area (Å²) in [6.07, 6.45) is 1.65. The van der Waals surface area contributed by atoms with E-state index in [1.807, 2.05) is 18.2 Å². The number of hydrogen-bond donors (Lipinski definition) is 4. The van der Waals surface area contributed by atoms with Gasteiger partial charge >= 0.3 is 5.97 Å². The Balaban J connectivity index is 1.64. The van der Waals surface area contributed by atoms with E-state index in [0.29, 0.717) is 28.9 Å². The minimum atomic E-state index is -1.07. The van der Waals surface area contributed by atoms with Crippen molar-refractivity contribution < 1.29 is 19.1 Å². The smallest absolute Gasteiger partial charge is 0.305 e. The van der Waals surface area contributed by atoms with Crippen LogP contribution in [0.5, 0.6) is 0 Å². The Morgan fingerprint density at radius 2 is 1.85 bits per heavy atom. The number of amides is 1. The zero-order valence-electron chi connectivity index (χ0n) is 22.0. The van der Waals surface area contributed by atoms with Gasteiger partial charge in [0.2, 0.25) is 0 Å². The normalized spacial score (nSPS) is 11.0. The Kier molecular flexibility index (Phi) is 9.00. The number of rotatable bonds is 12. The van der Waals surface area contributed by atoms with Crippen LogP contribution in [0.3, 0.4) is 0 Å². The molecule has 4 aromatic rings. The van der Waals surface area contributed by atoms with E-state index in [9.17, 15) is 19.1 Å². The molecule has 1 amide bonds. The molecule has 1 heterocycles. The Labute approximate surface area is 235 Å². The average molecular weight is 565 g/mol. The van der Waals surface area contributed by atoms with Crippen molar-refractivity contribution in [2.45, 2.75) is 39.3 Å². The highest BCUT2D eigenvalue weighted by atomic mass is 35.5. The largest absolute Gasteiger partial charge is 0.481 e. The Hall–Kier alpha value is -4.44. The molecule has 0 aliphatic heterocycles. The molecule has 1 aromatic heterocycles. The van der Waals surface area contributed by atoms with Gasteiger partial charge in [-0.25, -0.2) is 9.37 Å². The van der Waals surface area contributed by atoms with Crippen molar-refractivity contribution in [3.8, 4) is 0 Å². The lowest BCUT2D eigenvalue weighted by Gasteiger charge is -2.22. The number of aryl methyl sites for hydroxylation is 1. The van der Waals surface area contributed by atoms with Gasteiger partial charge in [0.15, 0.2) is 0 Å². The van der Waals surface area contributed by atoms with Crippen molar-refractivity contribution in [2.24, 2.45) is 5.73 Å². The second kappa shape index (κ2) is 12.6. The van der Waals surface area contributed by atoms with Gasteiger partial charge in [0.1, 0.15) is 17.5 Å². The predicted molar refractivity (Wildman–Crippen MR) is 155 cm³/mol. The molecule has 9 nitrogen and oxygen atoms in total. The van der Waals surface area contributed by atoms with Gasteiger partial charge in [-0.05, 0) is 67.1 Å². The molecule has 0 spiro atoms. The molecule has 0 aliphatic rings. The van der Waals surface area contributed by atoms with E-state index in [1.54, 1.807) is 24.3 Å². The number of unbranched alkanes of at least 4 members (excludes halogenated alkanes) is 1. The third-order valence-corrected chi connectivity index (χ3v) is 6.75. The average Bonchev–Trinajstić information content (AvgIpc) is 3.29. The fraction of sp³-hybridized carbons (Fsp3) is 0.241. The number of nitrogen functional groups attached to an aromatic ring is 1. The van der Waals surface area contributed by atoms with Crippen LogP contribution >= 0.6 is 11.6 Å². The molecular weight excluding hydrogens is 535 g/mol. The lowest BCUT2D eigenvalue weighted by atomic mass is 10.1. The summed E-state index contributed by atoms with van der Waals surface area (Å²) in [5, 5.41) is 20.0. The van der Waals surface area contributed by atoms with Crippen molar-refractivity contribution in [3.63, 3.8) is 0 Å². The van der Waals surface area contributed by atoms with Crippen LogP contribution < -0.4 is 16.0 Å². The Morgan fingerprint density at radius 1 is 1.12 bits per heavy atom. The monoisotopic (exact) mass is 564 g/mol. The van der Waals surface area contributed by atoms with Gasteiger partial charge in [0.25, 0.3) is 5.91 Å².